The minimum atomic E-state index is -0.372. The van der Waals surface area contributed by atoms with Gasteiger partial charge in [0.05, 0.1) is 6.10 Å². The molecular formula is C20H21F2NO3. The molecule has 3 rings (SSSR count). The summed E-state index contributed by atoms with van der Waals surface area (Å²) in [5, 5.41) is 0. The summed E-state index contributed by atoms with van der Waals surface area (Å²) in [5.41, 5.74) is 0.445. The summed E-state index contributed by atoms with van der Waals surface area (Å²) in [4.78, 5) is 14.2. The van der Waals surface area contributed by atoms with E-state index in [0.29, 0.717) is 24.5 Å². The lowest BCUT2D eigenvalue weighted by molar-refractivity contribution is -0.135. The van der Waals surface area contributed by atoms with Gasteiger partial charge in [-0.25, -0.2) is 8.78 Å². The first kappa shape index (κ1) is 18.3. The normalized spacial score (nSPS) is 16.5. The van der Waals surface area contributed by atoms with Gasteiger partial charge in [-0.15, -0.1) is 0 Å². The average molecular weight is 361 g/mol. The molecule has 1 saturated heterocycles. The molecule has 0 spiro atoms. The molecule has 26 heavy (non-hydrogen) atoms. The third-order valence-corrected chi connectivity index (χ3v) is 4.30. The number of carbonyl (C=O) groups excluding carboxylic acids is 1. The van der Waals surface area contributed by atoms with Gasteiger partial charge in [-0.1, -0.05) is 18.2 Å². The van der Waals surface area contributed by atoms with Gasteiger partial charge in [0.1, 0.15) is 17.4 Å². The quantitative estimate of drug-likeness (QED) is 0.757. The van der Waals surface area contributed by atoms with Gasteiger partial charge in [-0.2, -0.15) is 0 Å². The largest absolute Gasteiger partial charge is 0.484 e. The second-order valence-corrected chi connectivity index (χ2v) is 6.24. The minimum absolute atomic E-state index is 0.0449. The summed E-state index contributed by atoms with van der Waals surface area (Å²) in [6.07, 6.45) is 1.79. The average Bonchev–Trinajstić information content (AvgIpc) is 3.15. The third-order valence-electron chi connectivity index (χ3n) is 4.30. The summed E-state index contributed by atoms with van der Waals surface area (Å²) in [6.45, 7) is 1.02. The van der Waals surface area contributed by atoms with E-state index in [4.69, 9.17) is 9.47 Å². The maximum Gasteiger partial charge on any atom is 0.260 e. The van der Waals surface area contributed by atoms with Gasteiger partial charge < -0.3 is 14.4 Å². The number of ether oxygens (including phenoxy) is 2. The van der Waals surface area contributed by atoms with E-state index >= 15 is 0 Å². The fourth-order valence-electron chi connectivity index (χ4n) is 2.89. The maximum atomic E-state index is 14.0. The minimum Gasteiger partial charge on any atom is -0.484 e. The highest BCUT2D eigenvalue weighted by Gasteiger charge is 2.23. The Bertz CT molecular complexity index is 730. The van der Waals surface area contributed by atoms with Crippen molar-refractivity contribution in [3.8, 4) is 5.75 Å². The van der Waals surface area contributed by atoms with Crippen molar-refractivity contribution >= 4 is 5.91 Å². The Morgan fingerprint density at radius 3 is 2.62 bits per heavy atom. The molecule has 0 bridgehead atoms. The number of rotatable bonds is 7. The van der Waals surface area contributed by atoms with Gasteiger partial charge in [-0.05, 0) is 43.2 Å². The van der Waals surface area contributed by atoms with Gasteiger partial charge in [0.25, 0.3) is 5.91 Å². The summed E-state index contributed by atoms with van der Waals surface area (Å²) < 4.78 is 38.0. The Morgan fingerprint density at radius 1 is 1.15 bits per heavy atom. The Morgan fingerprint density at radius 2 is 1.92 bits per heavy atom. The van der Waals surface area contributed by atoms with Crippen LogP contribution in [-0.2, 0) is 16.1 Å². The number of hydrogen-bond acceptors (Lipinski definition) is 3. The molecule has 1 atom stereocenters. The lowest BCUT2D eigenvalue weighted by Gasteiger charge is -2.26. The van der Waals surface area contributed by atoms with Gasteiger partial charge >= 0.3 is 0 Å². The zero-order valence-corrected chi connectivity index (χ0v) is 14.4. The predicted octanol–water partition coefficient (Wildman–Crippen LogP) is 3.55. The molecular weight excluding hydrogens is 340 g/mol. The van der Waals surface area contributed by atoms with Crippen LogP contribution in [0.1, 0.15) is 18.4 Å². The van der Waals surface area contributed by atoms with Crippen molar-refractivity contribution < 1.29 is 23.0 Å². The molecule has 2 aromatic rings. The van der Waals surface area contributed by atoms with Crippen LogP contribution >= 0.6 is 0 Å². The first-order valence-electron chi connectivity index (χ1n) is 8.63. The van der Waals surface area contributed by atoms with Crippen LogP contribution in [0.3, 0.4) is 0 Å². The SMILES string of the molecule is O=C(COc1ccc(F)cc1)N(Cc1ccccc1F)CC1CCCO1. The highest BCUT2D eigenvalue weighted by atomic mass is 19.1. The van der Waals surface area contributed by atoms with Crippen molar-refractivity contribution in [3.63, 3.8) is 0 Å². The van der Waals surface area contributed by atoms with Crippen LogP contribution in [0.5, 0.6) is 5.75 Å². The predicted molar refractivity (Wildman–Crippen MR) is 92.7 cm³/mol. The van der Waals surface area contributed by atoms with E-state index in [1.807, 2.05) is 0 Å². The van der Waals surface area contributed by atoms with Crippen LogP contribution < -0.4 is 4.74 Å². The molecule has 1 aliphatic heterocycles. The van der Waals surface area contributed by atoms with Gasteiger partial charge in [-0.3, -0.25) is 4.79 Å². The molecule has 138 valence electrons. The Kier molecular flexibility index (Phi) is 6.17. The van der Waals surface area contributed by atoms with Crippen molar-refractivity contribution in [1.29, 1.82) is 0 Å². The second-order valence-electron chi connectivity index (χ2n) is 6.24. The topological polar surface area (TPSA) is 38.8 Å². The smallest absolute Gasteiger partial charge is 0.260 e. The summed E-state index contributed by atoms with van der Waals surface area (Å²) in [5.74, 6) is -0.587. The van der Waals surface area contributed by atoms with Gasteiger partial charge in [0.2, 0.25) is 0 Å². The molecule has 0 N–H and O–H groups in total. The first-order chi connectivity index (χ1) is 12.6. The highest BCUT2D eigenvalue weighted by molar-refractivity contribution is 5.77. The zero-order valence-electron chi connectivity index (χ0n) is 14.4. The Balaban J connectivity index is 1.65. The Labute approximate surface area is 151 Å². The Hall–Kier alpha value is -2.47. The molecule has 6 heteroatoms. The number of benzene rings is 2. The van der Waals surface area contributed by atoms with E-state index in [0.717, 1.165) is 12.8 Å². The summed E-state index contributed by atoms with van der Waals surface area (Å²) >= 11 is 0. The van der Waals surface area contributed by atoms with Crippen molar-refractivity contribution in [2.24, 2.45) is 0 Å². The summed E-state index contributed by atoms with van der Waals surface area (Å²) in [7, 11) is 0. The second kappa shape index (κ2) is 8.76. The van der Waals surface area contributed by atoms with Crippen LogP contribution in [0.15, 0.2) is 48.5 Å². The van der Waals surface area contributed by atoms with Crippen molar-refractivity contribution in [2.75, 3.05) is 19.8 Å². The van der Waals surface area contributed by atoms with Crippen LogP contribution in [0, 0.1) is 11.6 Å². The summed E-state index contributed by atoms with van der Waals surface area (Å²) in [6, 6.07) is 11.8. The van der Waals surface area contributed by atoms with Gasteiger partial charge in [0, 0.05) is 25.3 Å². The molecule has 2 aromatic carbocycles. The standard InChI is InChI=1S/C20H21F2NO3/c21-16-7-9-17(10-8-16)26-14-20(24)23(13-18-5-3-11-25-18)12-15-4-1-2-6-19(15)22/h1-2,4,6-10,18H,3,5,11-14H2. The maximum absolute atomic E-state index is 14.0. The monoisotopic (exact) mass is 361 g/mol. The highest BCUT2D eigenvalue weighted by Crippen LogP contribution is 2.17. The number of amides is 1. The van der Waals surface area contributed by atoms with Crippen LogP contribution in [0.2, 0.25) is 0 Å². The van der Waals surface area contributed by atoms with E-state index in [1.54, 1.807) is 23.1 Å². The van der Waals surface area contributed by atoms with E-state index in [2.05, 4.69) is 0 Å². The van der Waals surface area contributed by atoms with E-state index in [9.17, 15) is 13.6 Å². The van der Waals surface area contributed by atoms with Crippen molar-refractivity contribution in [1.82, 2.24) is 4.90 Å². The number of hydrogen-bond donors (Lipinski definition) is 0. The fourth-order valence-corrected chi connectivity index (χ4v) is 2.89. The molecule has 0 saturated carbocycles. The lowest BCUT2D eigenvalue weighted by Crippen LogP contribution is -2.39. The number of carbonyl (C=O) groups is 1. The molecule has 0 aliphatic carbocycles. The third kappa shape index (κ3) is 5.02. The lowest BCUT2D eigenvalue weighted by atomic mass is 10.1. The molecule has 0 aromatic heterocycles. The molecule has 1 aliphatic rings. The van der Waals surface area contributed by atoms with E-state index in [1.165, 1.54) is 30.3 Å². The van der Waals surface area contributed by atoms with Crippen LogP contribution in [-0.4, -0.2) is 36.7 Å². The number of halogens is 2. The van der Waals surface area contributed by atoms with Crippen molar-refractivity contribution in [2.45, 2.75) is 25.5 Å². The van der Waals surface area contributed by atoms with Gasteiger partial charge in [0.15, 0.2) is 6.61 Å². The molecule has 1 heterocycles. The van der Waals surface area contributed by atoms with Crippen LogP contribution in [0.4, 0.5) is 8.78 Å². The van der Waals surface area contributed by atoms with E-state index in [-0.39, 0.29) is 36.8 Å². The molecule has 1 fully saturated rings. The molecule has 1 amide bonds. The molecule has 0 radical (unpaired) electrons. The van der Waals surface area contributed by atoms with Crippen molar-refractivity contribution in [3.05, 3.63) is 65.7 Å². The molecule has 1 unspecified atom stereocenters. The first-order valence-corrected chi connectivity index (χ1v) is 8.63. The number of nitrogens with zero attached hydrogens (tertiary/aromatic N) is 1. The molecule has 4 nitrogen and oxygen atoms in total. The zero-order chi connectivity index (χ0) is 18.4. The fraction of sp³-hybridized carbons (Fsp3) is 0.350. The van der Waals surface area contributed by atoms with E-state index < -0.39 is 0 Å². The van der Waals surface area contributed by atoms with Crippen LogP contribution in [0.25, 0.3) is 0 Å².